The van der Waals surface area contributed by atoms with Gasteiger partial charge in [0, 0.05) is 17.4 Å². The molecule has 0 amide bonds. The predicted octanol–water partition coefficient (Wildman–Crippen LogP) is 3.97. The quantitative estimate of drug-likeness (QED) is 0.551. The third-order valence-corrected chi connectivity index (χ3v) is 7.95. The van der Waals surface area contributed by atoms with E-state index in [1.807, 2.05) is 13.8 Å². The van der Waals surface area contributed by atoms with Crippen molar-refractivity contribution in [1.82, 2.24) is 4.13 Å². The molecule has 9 heteroatoms. The highest BCUT2D eigenvalue weighted by Gasteiger charge is 2.33. The fraction of sp³-hybridized carbons (Fsp3) is 0.647. The molecule has 1 fully saturated rings. The number of hydrogen-bond donors (Lipinski definition) is 1. The first-order valence-electron chi connectivity index (χ1n) is 8.52. The number of nitro benzene ring substituents is 1. The molecule has 1 atom stereocenters. The van der Waals surface area contributed by atoms with Crippen molar-refractivity contribution in [2.24, 2.45) is 9.78 Å². The molecule has 0 aliphatic heterocycles. The van der Waals surface area contributed by atoms with E-state index in [1.54, 1.807) is 0 Å². The van der Waals surface area contributed by atoms with Crippen LogP contribution in [-0.2, 0) is 20.9 Å². The van der Waals surface area contributed by atoms with Crippen molar-refractivity contribution in [3.05, 3.63) is 34.4 Å². The van der Waals surface area contributed by atoms with Gasteiger partial charge in [0.05, 0.1) is 15.4 Å². The number of nitrogens with one attached hydrogen (secondary N) is 1. The normalized spacial score (nSPS) is 17.3. The molecule has 1 aliphatic rings. The van der Waals surface area contributed by atoms with E-state index < -0.39 is 25.8 Å². The summed E-state index contributed by atoms with van der Waals surface area (Å²) in [6, 6.07) is 4.92. The Labute approximate surface area is 158 Å². The summed E-state index contributed by atoms with van der Waals surface area (Å²) in [6.45, 7) is 10.5. The van der Waals surface area contributed by atoms with Crippen LogP contribution in [0.1, 0.15) is 53.9 Å². The largest absolute Gasteiger partial charge is 0.269 e. The molecule has 0 bridgehead atoms. The average molecular weight is 402 g/mol. The van der Waals surface area contributed by atoms with E-state index in [-0.39, 0.29) is 26.8 Å². The maximum Gasteiger partial charge on any atom is 0.269 e. The molecule has 0 aromatic heterocycles. The van der Waals surface area contributed by atoms with Crippen molar-refractivity contribution in [2.45, 2.75) is 69.6 Å². The number of rotatable bonds is 7. The van der Waals surface area contributed by atoms with Crippen LogP contribution in [0.15, 0.2) is 33.5 Å². The van der Waals surface area contributed by atoms with E-state index in [9.17, 15) is 18.5 Å². The minimum absolute atomic E-state index is 0.0186. The van der Waals surface area contributed by atoms with Crippen LogP contribution in [0, 0.1) is 15.5 Å². The lowest BCUT2D eigenvalue weighted by Gasteiger charge is -2.30. The SMILES string of the molecule is CC(C)(C)CC(C)(C)N=S(NS(=O)(=O)c1ccc([N+](=O)[O-])cc1)C1CC1. The number of hydrogen-bond acceptors (Lipinski definition) is 5. The maximum absolute atomic E-state index is 12.7. The Kier molecular flexibility index (Phi) is 5.94. The average Bonchev–Trinajstić information content (AvgIpc) is 3.28. The standard InChI is InChI=1S/C17H27N3O4S2/c1-16(2,3)12-17(4,5)18-25(14-8-9-14)19-26(23,24)15-10-6-13(7-11-15)20(21)22/h6-7,10-11,14H,8-9,12H2,1-5H3,(H,18,19). The van der Waals surface area contributed by atoms with Crippen LogP contribution < -0.4 is 4.13 Å². The molecule has 1 N–H and O–H groups in total. The van der Waals surface area contributed by atoms with Crippen molar-refractivity contribution in [1.29, 1.82) is 0 Å². The minimum atomic E-state index is -3.78. The van der Waals surface area contributed by atoms with Gasteiger partial charge >= 0.3 is 0 Å². The van der Waals surface area contributed by atoms with Gasteiger partial charge in [-0.15, -0.1) is 4.13 Å². The molecular weight excluding hydrogens is 374 g/mol. The zero-order valence-corrected chi connectivity index (χ0v) is 17.5. The Morgan fingerprint density at radius 1 is 1.19 bits per heavy atom. The Hall–Kier alpha value is -1.32. The molecule has 2 rings (SSSR count). The lowest BCUT2D eigenvalue weighted by atomic mass is 9.82. The second kappa shape index (κ2) is 7.36. The van der Waals surface area contributed by atoms with Crippen LogP contribution in [-0.4, -0.2) is 24.1 Å². The van der Waals surface area contributed by atoms with E-state index in [0.29, 0.717) is 0 Å². The van der Waals surface area contributed by atoms with Crippen LogP contribution in [0.5, 0.6) is 0 Å². The van der Waals surface area contributed by atoms with Crippen LogP contribution in [0.2, 0.25) is 0 Å². The summed E-state index contributed by atoms with van der Waals surface area (Å²) in [5.74, 6) is 0. The topological polar surface area (TPSA) is 102 Å². The van der Waals surface area contributed by atoms with E-state index in [4.69, 9.17) is 4.36 Å². The molecule has 1 aromatic carbocycles. The van der Waals surface area contributed by atoms with Crippen molar-refractivity contribution in [3.8, 4) is 0 Å². The molecule has 0 heterocycles. The molecule has 1 aliphatic carbocycles. The Morgan fingerprint density at radius 3 is 2.15 bits per heavy atom. The molecular formula is C17H27N3O4S2. The highest BCUT2D eigenvalue weighted by atomic mass is 32.3. The summed E-state index contributed by atoms with van der Waals surface area (Å²) in [4.78, 5) is 10.2. The lowest BCUT2D eigenvalue weighted by molar-refractivity contribution is -0.384. The molecule has 0 radical (unpaired) electrons. The van der Waals surface area contributed by atoms with E-state index in [2.05, 4.69) is 24.9 Å². The van der Waals surface area contributed by atoms with Gasteiger partial charge in [0.25, 0.3) is 5.69 Å². The van der Waals surface area contributed by atoms with E-state index >= 15 is 0 Å². The number of benzene rings is 1. The zero-order chi connectivity index (χ0) is 19.8. The number of non-ortho nitro benzene ring substituents is 1. The highest BCUT2D eigenvalue weighted by molar-refractivity contribution is 8.03. The van der Waals surface area contributed by atoms with Gasteiger partial charge in [-0.3, -0.25) is 10.1 Å². The molecule has 146 valence electrons. The van der Waals surface area contributed by atoms with Gasteiger partial charge in [0.1, 0.15) is 0 Å². The molecule has 0 spiro atoms. The Morgan fingerprint density at radius 2 is 1.73 bits per heavy atom. The molecule has 1 unspecified atom stereocenters. The smallest absolute Gasteiger partial charge is 0.258 e. The summed E-state index contributed by atoms with van der Waals surface area (Å²) in [5, 5.41) is 11.0. The van der Waals surface area contributed by atoms with Gasteiger partial charge in [-0.05, 0) is 61.5 Å². The van der Waals surface area contributed by atoms with Crippen molar-refractivity contribution in [2.75, 3.05) is 0 Å². The third kappa shape index (κ3) is 6.14. The van der Waals surface area contributed by atoms with Gasteiger partial charge in [0.2, 0.25) is 10.0 Å². The van der Waals surface area contributed by atoms with Gasteiger partial charge in [-0.2, -0.15) is 0 Å². The number of sulfonamides is 1. The minimum Gasteiger partial charge on any atom is -0.258 e. The summed E-state index contributed by atoms with van der Waals surface area (Å²) < 4.78 is 33.0. The van der Waals surface area contributed by atoms with E-state index in [1.165, 1.54) is 24.3 Å². The Bertz CT molecular complexity index is 805. The first-order valence-corrected chi connectivity index (χ1v) is 11.2. The molecule has 1 aromatic rings. The highest BCUT2D eigenvalue weighted by Crippen LogP contribution is 2.34. The van der Waals surface area contributed by atoms with Crippen LogP contribution in [0.3, 0.4) is 0 Å². The molecule has 26 heavy (non-hydrogen) atoms. The molecule has 1 saturated carbocycles. The summed E-state index contributed by atoms with van der Waals surface area (Å²) in [6.07, 6.45) is 2.76. The monoisotopic (exact) mass is 401 g/mol. The maximum atomic E-state index is 12.7. The van der Waals surface area contributed by atoms with Gasteiger partial charge in [-0.1, -0.05) is 20.8 Å². The van der Waals surface area contributed by atoms with Gasteiger partial charge in [0.15, 0.2) is 0 Å². The molecule has 7 nitrogen and oxygen atoms in total. The summed E-state index contributed by atoms with van der Waals surface area (Å²) in [7, 11) is -4.58. The number of nitrogens with zero attached hydrogens (tertiary/aromatic N) is 2. The second-order valence-electron chi connectivity index (χ2n) is 8.49. The van der Waals surface area contributed by atoms with Crippen molar-refractivity contribution >= 4 is 26.6 Å². The summed E-state index contributed by atoms with van der Waals surface area (Å²) >= 11 is 0. The van der Waals surface area contributed by atoms with Crippen LogP contribution in [0.4, 0.5) is 5.69 Å². The van der Waals surface area contributed by atoms with Gasteiger partial charge < -0.3 is 0 Å². The summed E-state index contributed by atoms with van der Waals surface area (Å²) in [5.41, 5.74) is -0.397. The molecule has 0 saturated heterocycles. The fourth-order valence-electron chi connectivity index (χ4n) is 2.96. The van der Waals surface area contributed by atoms with Crippen molar-refractivity contribution < 1.29 is 13.3 Å². The van der Waals surface area contributed by atoms with E-state index in [0.717, 1.165) is 19.3 Å². The number of nitro groups is 1. The first kappa shape index (κ1) is 21.0. The van der Waals surface area contributed by atoms with Crippen LogP contribution in [0.25, 0.3) is 0 Å². The Balaban J connectivity index is 2.26. The zero-order valence-electron chi connectivity index (χ0n) is 15.9. The van der Waals surface area contributed by atoms with Crippen molar-refractivity contribution in [3.63, 3.8) is 0 Å². The van der Waals surface area contributed by atoms with Gasteiger partial charge in [-0.25, -0.2) is 12.8 Å². The fourth-order valence-corrected chi connectivity index (χ4v) is 6.76. The lowest BCUT2D eigenvalue weighted by Crippen LogP contribution is -2.32. The first-order chi connectivity index (χ1) is 11.8. The third-order valence-electron chi connectivity index (χ3n) is 3.70. The van der Waals surface area contributed by atoms with Crippen LogP contribution >= 0.6 is 0 Å². The second-order valence-corrected chi connectivity index (χ2v) is 12.1. The predicted molar refractivity (Wildman–Crippen MR) is 104 cm³/mol.